The SMILES string of the molecule is CCNC(=NCC(O)c1ccc(OC(F)F)cc1)NCCc1c(C)noc1C.I. The van der Waals surface area contributed by atoms with Crippen LogP contribution in [0.5, 0.6) is 5.75 Å². The molecule has 1 unspecified atom stereocenters. The van der Waals surface area contributed by atoms with Gasteiger partial charge < -0.3 is 25.0 Å². The van der Waals surface area contributed by atoms with Gasteiger partial charge in [-0.25, -0.2) is 0 Å². The first kappa shape index (κ1) is 25.1. The first-order valence-corrected chi connectivity index (χ1v) is 9.07. The summed E-state index contributed by atoms with van der Waals surface area (Å²) in [6.45, 7) is 4.28. The van der Waals surface area contributed by atoms with E-state index in [0.717, 1.165) is 23.4 Å². The summed E-state index contributed by atoms with van der Waals surface area (Å²) in [4.78, 5) is 4.38. The molecule has 1 heterocycles. The van der Waals surface area contributed by atoms with E-state index >= 15 is 0 Å². The van der Waals surface area contributed by atoms with E-state index in [2.05, 4.69) is 25.5 Å². The minimum Gasteiger partial charge on any atom is -0.435 e. The summed E-state index contributed by atoms with van der Waals surface area (Å²) in [5, 5.41) is 20.5. The molecule has 0 aliphatic rings. The van der Waals surface area contributed by atoms with Crippen LogP contribution in [0.15, 0.2) is 33.8 Å². The number of aryl methyl sites for hydroxylation is 2. The number of aromatic nitrogens is 1. The predicted molar refractivity (Wildman–Crippen MR) is 117 cm³/mol. The van der Waals surface area contributed by atoms with Gasteiger partial charge in [0.25, 0.3) is 0 Å². The van der Waals surface area contributed by atoms with Crippen LogP contribution in [0.4, 0.5) is 8.78 Å². The topological polar surface area (TPSA) is 91.9 Å². The minimum atomic E-state index is -2.88. The van der Waals surface area contributed by atoms with Crippen molar-refractivity contribution in [2.75, 3.05) is 19.6 Å². The van der Waals surface area contributed by atoms with Gasteiger partial charge in [0.2, 0.25) is 0 Å². The number of benzene rings is 1. The second-order valence-corrected chi connectivity index (χ2v) is 6.16. The molecule has 1 atom stereocenters. The van der Waals surface area contributed by atoms with Crippen LogP contribution >= 0.6 is 24.0 Å². The molecular formula is C19H27F2IN4O3. The number of alkyl halides is 2. The van der Waals surface area contributed by atoms with E-state index in [4.69, 9.17) is 4.52 Å². The fraction of sp³-hybridized carbons (Fsp3) is 0.474. The maximum Gasteiger partial charge on any atom is 0.387 e. The molecule has 0 saturated carbocycles. The Hall–Kier alpha value is -1.95. The van der Waals surface area contributed by atoms with Crippen molar-refractivity contribution < 1.29 is 23.1 Å². The van der Waals surface area contributed by atoms with Gasteiger partial charge in [-0.15, -0.1) is 24.0 Å². The Kier molecular flexibility index (Phi) is 10.9. The summed E-state index contributed by atoms with van der Waals surface area (Å²) >= 11 is 0. The molecule has 0 radical (unpaired) electrons. The van der Waals surface area contributed by atoms with Crippen molar-refractivity contribution in [2.45, 2.75) is 39.9 Å². The molecule has 29 heavy (non-hydrogen) atoms. The first-order chi connectivity index (χ1) is 13.4. The average Bonchev–Trinajstić information content (AvgIpc) is 2.98. The molecule has 3 N–H and O–H groups in total. The van der Waals surface area contributed by atoms with Gasteiger partial charge in [0.15, 0.2) is 5.96 Å². The molecular weight excluding hydrogens is 497 g/mol. The highest BCUT2D eigenvalue weighted by atomic mass is 127. The van der Waals surface area contributed by atoms with Crippen molar-refractivity contribution in [1.29, 1.82) is 0 Å². The van der Waals surface area contributed by atoms with E-state index < -0.39 is 12.7 Å². The van der Waals surface area contributed by atoms with Crippen LogP contribution in [0.25, 0.3) is 0 Å². The molecule has 7 nitrogen and oxygen atoms in total. The van der Waals surface area contributed by atoms with Crippen LogP contribution in [0.3, 0.4) is 0 Å². The summed E-state index contributed by atoms with van der Waals surface area (Å²) in [6.07, 6.45) is -0.127. The molecule has 2 aromatic rings. The van der Waals surface area contributed by atoms with Gasteiger partial charge in [0.1, 0.15) is 11.5 Å². The fourth-order valence-electron chi connectivity index (χ4n) is 2.66. The van der Waals surface area contributed by atoms with Crippen LogP contribution in [-0.4, -0.2) is 42.5 Å². The van der Waals surface area contributed by atoms with Gasteiger partial charge >= 0.3 is 6.61 Å². The maximum atomic E-state index is 12.2. The summed E-state index contributed by atoms with van der Waals surface area (Å²) in [7, 11) is 0. The lowest BCUT2D eigenvalue weighted by Crippen LogP contribution is -2.38. The summed E-state index contributed by atoms with van der Waals surface area (Å²) in [5.74, 6) is 1.42. The van der Waals surface area contributed by atoms with E-state index in [1.165, 1.54) is 24.3 Å². The summed E-state index contributed by atoms with van der Waals surface area (Å²) in [6, 6.07) is 5.86. The number of guanidine groups is 1. The number of hydrogen-bond donors (Lipinski definition) is 3. The normalized spacial score (nSPS) is 12.4. The van der Waals surface area contributed by atoms with Crippen molar-refractivity contribution >= 4 is 29.9 Å². The highest BCUT2D eigenvalue weighted by Gasteiger charge is 2.11. The van der Waals surface area contributed by atoms with Gasteiger partial charge in [-0.2, -0.15) is 8.78 Å². The summed E-state index contributed by atoms with van der Waals surface area (Å²) < 4.78 is 33.8. The highest BCUT2D eigenvalue weighted by Crippen LogP contribution is 2.19. The molecule has 0 bridgehead atoms. The van der Waals surface area contributed by atoms with E-state index in [9.17, 15) is 13.9 Å². The smallest absolute Gasteiger partial charge is 0.387 e. The number of ether oxygens (including phenoxy) is 1. The van der Waals surface area contributed by atoms with Gasteiger partial charge in [0, 0.05) is 18.7 Å². The van der Waals surface area contributed by atoms with Gasteiger partial charge in [0.05, 0.1) is 18.3 Å². The standard InChI is InChI=1S/C19H26F2N4O3.HI/c1-4-22-19(23-10-9-16-12(2)25-28-13(16)3)24-11-17(26)14-5-7-15(8-6-14)27-18(20)21;/h5-8,17-18,26H,4,9-11H2,1-3H3,(H2,22,23,24);1H. The van der Waals surface area contributed by atoms with E-state index in [-0.39, 0.29) is 36.3 Å². The lowest BCUT2D eigenvalue weighted by atomic mass is 10.1. The van der Waals surface area contributed by atoms with Crippen LogP contribution in [-0.2, 0) is 6.42 Å². The minimum absolute atomic E-state index is 0. The van der Waals surface area contributed by atoms with Crippen molar-refractivity contribution in [3.63, 3.8) is 0 Å². The summed E-state index contributed by atoms with van der Waals surface area (Å²) in [5.41, 5.74) is 2.50. The van der Waals surface area contributed by atoms with Crippen molar-refractivity contribution in [1.82, 2.24) is 15.8 Å². The Morgan fingerprint density at radius 1 is 1.24 bits per heavy atom. The van der Waals surface area contributed by atoms with Gasteiger partial charge in [-0.1, -0.05) is 17.3 Å². The molecule has 1 aromatic carbocycles. The number of nitrogens with zero attached hydrogens (tertiary/aromatic N) is 2. The zero-order valence-corrected chi connectivity index (χ0v) is 18.9. The molecule has 0 fully saturated rings. The molecule has 1 aromatic heterocycles. The third-order valence-corrected chi connectivity index (χ3v) is 4.11. The Morgan fingerprint density at radius 3 is 2.48 bits per heavy atom. The van der Waals surface area contributed by atoms with E-state index in [1.54, 1.807) is 0 Å². The largest absolute Gasteiger partial charge is 0.435 e. The number of hydrogen-bond acceptors (Lipinski definition) is 5. The number of rotatable bonds is 9. The Morgan fingerprint density at radius 2 is 1.93 bits per heavy atom. The van der Waals surface area contributed by atoms with Crippen LogP contribution < -0.4 is 15.4 Å². The second kappa shape index (κ2) is 12.6. The third kappa shape index (κ3) is 8.13. The third-order valence-electron chi connectivity index (χ3n) is 4.11. The van der Waals surface area contributed by atoms with E-state index in [0.29, 0.717) is 24.6 Å². The van der Waals surface area contributed by atoms with Gasteiger partial charge in [-0.3, -0.25) is 4.99 Å². The highest BCUT2D eigenvalue weighted by molar-refractivity contribution is 14.0. The van der Waals surface area contributed by atoms with E-state index in [1.807, 2.05) is 20.8 Å². The second-order valence-electron chi connectivity index (χ2n) is 6.16. The Labute approximate surface area is 185 Å². The van der Waals surface area contributed by atoms with Crippen molar-refractivity contribution in [3.8, 4) is 5.75 Å². The van der Waals surface area contributed by atoms with Crippen molar-refractivity contribution in [3.05, 3.63) is 46.8 Å². The lowest BCUT2D eigenvalue weighted by Gasteiger charge is -2.14. The monoisotopic (exact) mass is 524 g/mol. The first-order valence-electron chi connectivity index (χ1n) is 9.07. The molecule has 162 valence electrons. The molecule has 0 amide bonds. The molecule has 0 aliphatic carbocycles. The van der Waals surface area contributed by atoms with Crippen LogP contribution in [0.2, 0.25) is 0 Å². The van der Waals surface area contributed by atoms with Crippen LogP contribution in [0.1, 0.15) is 35.6 Å². The van der Waals surface area contributed by atoms with Crippen molar-refractivity contribution in [2.24, 2.45) is 4.99 Å². The number of aliphatic imine (C=N–C) groups is 1. The fourth-order valence-corrected chi connectivity index (χ4v) is 2.66. The molecule has 0 aliphatic heterocycles. The Balaban J connectivity index is 0.00000420. The predicted octanol–water partition coefficient (Wildman–Crippen LogP) is 3.34. The zero-order valence-electron chi connectivity index (χ0n) is 16.6. The number of aliphatic hydroxyl groups is 1. The number of aliphatic hydroxyl groups excluding tert-OH is 1. The maximum absolute atomic E-state index is 12.2. The molecule has 0 spiro atoms. The molecule has 0 saturated heterocycles. The van der Waals surface area contributed by atoms with Gasteiger partial charge in [-0.05, 0) is 44.9 Å². The lowest BCUT2D eigenvalue weighted by molar-refractivity contribution is -0.0498. The quantitative estimate of drug-likeness (QED) is 0.265. The number of nitrogens with one attached hydrogen (secondary N) is 2. The number of halogens is 3. The average molecular weight is 524 g/mol. The Bertz CT molecular complexity index is 750. The molecule has 2 rings (SSSR count). The zero-order chi connectivity index (χ0) is 20.5. The molecule has 10 heteroatoms. The van der Waals surface area contributed by atoms with Crippen LogP contribution in [0, 0.1) is 13.8 Å².